The average Bonchev–Trinajstić information content (AvgIpc) is 3.02. The van der Waals surface area contributed by atoms with Crippen LogP contribution < -0.4 is 4.74 Å². The summed E-state index contributed by atoms with van der Waals surface area (Å²) in [7, 11) is 0. The number of hydrogen-bond donors (Lipinski definition) is 2. The second kappa shape index (κ2) is 6.67. The Bertz CT molecular complexity index is 861. The standard InChI is InChI=1S/C17H16FN3O3/c1-2-21(23)17(22)16-7-15-14(9-20-16)11(8-19-15)10-24-13-5-3-12(18)4-6-13/h3-9,19,23H,2,10H2,1H3. The maximum absolute atomic E-state index is 12.9. The Kier molecular flexibility index (Phi) is 4.43. The fourth-order valence-electron chi connectivity index (χ4n) is 2.28. The van der Waals surface area contributed by atoms with Gasteiger partial charge in [-0.2, -0.15) is 0 Å². The molecule has 7 heteroatoms. The minimum Gasteiger partial charge on any atom is -0.489 e. The number of hydroxylamine groups is 2. The minimum absolute atomic E-state index is 0.153. The van der Waals surface area contributed by atoms with Crippen molar-refractivity contribution in [1.29, 1.82) is 0 Å². The smallest absolute Gasteiger partial charge is 0.295 e. The number of rotatable bonds is 5. The molecule has 3 rings (SSSR count). The number of ether oxygens (including phenoxy) is 1. The third-order valence-electron chi connectivity index (χ3n) is 3.61. The van der Waals surface area contributed by atoms with Crippen LogP contribution >= 0.6 is 0 Å². The normalized spacial score (nSPS) is 10.8. The highest BCUT2D eigenvalue weighted by Gasteiger charge is 2.15. The molecule has 2 heterocycles. The molecule has 24 heavy (non-hydrogen) atoms. The number of hydrogen-bond acceptors (Lipinski definition) is 4. The summed E-state index contributed by atoms with van der Waals surface area (Å²) in [6.07, 6.45) is 3.33. The second-order valence-corrected chi connectivity index (χ2v) is 5.19. The second-order valence-electron chi connectivity index (χ2n) is 5.19. The Morgan fingerprint density at radius 1 is 1.38 bits per heavy atom. The van der Waals surface area contributed by atoms with Gasteiger partial charge in [0, 0.05) is 35.4 Å². The minimum atomic E-state index is -0.557. The molecule has 0 radical (unpaired) electrons. The number of aromatic amines is 1. The molecule has 2 aromatic heterocycles. The molecule has 0 spiro atoms. The Morgan fingerprint density at radius 3 is 2.83 bits per heavy atom. The van der Waals surface area contributed by atoms with Crippen molar-refractivity contribution < 1.29 is 19.1 Å². The van der Waals surface area contributed by atoms with Gasteiger partial charge in [-0.25, -0.2) is 9.45 Å². The number of benzene rings is 1. The summed E-state index contributed by atoms with van der Waals surface area (Å²) in [5, 5.41) is 10.9. The van der Waals surface area contributed by atoms with Crippen LogP contribution in [0.25, 0.3) is 10.9 Å². The van der Waals surface area contributed by atoms with Gasteiger partial charge in [0.15, 0.2) is 0 Å². The Morgan fingerprint density at radius 2 is 2.12 bits per heavy atom. The highest BCUT2D eigenvalue weighted by molar-refractivity contribution is 5.95. The first-order valence-electron chi connectivity index (χ1n) is 7.43. The van der Waals surface area contributed by atoms with E-state index in [4.69, 9.17) is 4.74 Å². The quantitative estimate of drug-likeness (QED) is 0.557. The number of H-pyrrole nitrogens is 1. The number of carbonyl (C=O) groups is 1. The first-order valence-corrected chi connectivity index (χ1v) is 7.43. The lowest BCUT2D eigenvalue weighted by Crippen LogP contribution is -2.27. The summed E-state index contributed by atoms with van der Waals surface area (Å²) >= 11 is 0. The van der Waals surface area contributed by atoms with E-state index in [1.165, 1.54) is 12.1 Å². The lowest BCUT2D eigenvalue weighted by atomic mass is 10.2. The van der Waals surface area contributed by atoms with Crippen LogP contribution in [0.5, 0.6) is 5.75 Å². The molecule has 0 fully saturated rings. The Hall–Kier alpha value is -2.93. The molecule has 0 unspecified atom stereocenters. The van der Waals surface area contributed by atoms with Gasteiger partial charge in [0.1, 0.15) is 23.9 Å². The molecule has 0 saturated carbocycles. The number of amides is 1. The van der Waals surface area contributed by atoms with Crippen molar-refractivity contribution in [3.8, 4) is 5.75 Å². The molecule has 0 saturated heterocycles. The van der Waals surface area contributed by atoms with Gasteiger partial charge in [-0.3, -0.25) is 15.0 Å². The summed E-state index contributed by atoms with van der Waals surface area (Å²) in [4.78, 5) is 19.1. The first kappa shape index (κ1) is 15.9. The SMILES string of the molecule is CCN(O)C(=O)c1cc2[nH]cc(COc3ccc(F)cc3)c2cn1. The van der Waals surface area contributed by atoms with E-state index < -0.39 is 5.91 Å². The van der Waals surface area contributed by atoms with Crippen LogP contribution in [-0.4, -0.2) is 32.7 Å². The highest BCUT2D eigenvalue weighted by Crippen LogP contribution is 2.21. The van der Waals surface area contributed by atoms with Crippen LogP contribution in [0.2, 0.25) is 0 Å². The molecule has 6 nitrogen and oxygen atoms in total. The summed E-state index contributed by atoms with van der Waals surface area (Å²) in [6, 6.07) is 7.36. The molecule has 124 valence electrons. The van der Waals surface area contributed by atoms with Crippen LogP contribution in [0.3, 0.4) is 0 Å². The van der Waals surface area contributed by atoms with Crippen molar-refractivity contribution >= 4 is 16.8 Å². The zero-order chi connectivity index (χ0) is 17.1. The van der Waals surface area contributed by atoms with Crippen LogP contribution in [0.1, 0.15) is 23.0 Å². The maximum atomic E-state index is 12.9. The molecule has 0 aliphatic carbocycles. The van der Waals surface area contributed by atoms with Gasteiger partial charge in [-0.1, -0.05) is 0 Å². The molecule has 1 aromatic carbocycles. The molecular weight excluding hydrogens is 313 g/mol. The Labute approximate surface area is 137 Å². The number of nitrogens with zero attached hydrogens (tertiary/aromatic N) is 2. The zero-order valence-electron chi connectivity index (χ0n) is 13.0. The fourth-order valence-corrected chi connectivity index (χ4v) is 2.28. The maximum Gasteiger partial charge on any atom is 0.295 e. The van der Waals surface area contributed by atoms with Gasteiger partial charge in [0.2, 0.25) is 0 Å². The van der Waals surface area contributed by atoms with Crippen molar-refractivity contribution in [2.24, 2.45) is 0 Å². The molecular formula is C17H16FN3O3. The van der Waals surface area contributed by atoms with Crippen LogP contribution in [0, 0.1) is 5.82 Å². The summed E-state index contributed by atoms with van der Waals surface area (Å²) in [6.45, 7) is 2.12. The fraction of sp³-hybridized carbons (Fsp3) is 0.176. The highest BCUT2D eigenvalue weighted by atomic mass is 19.1. The van der Waals surface area contributed by atoms with Gasteiger partial charge in [-0.15, -0.1) is 0 Å². The molecule has 0 bridgehead atoms. The van der Waals surface area contributed by atoms with E-state index >= 15 is 0 Å². The van der Waals surface area contributed by atoms with E-state index in [9.17, 15) is 14.4 Å². The van der Waals surface area contributed by atoms with E-state index in [0.717, 1.165) is 16.5 Å². The van der Waals surface area contributed by atoms with Gasteiger partial charge in [0.05, 0.1) is 0 Å². The number of carbonyl (C=O) groups excluding carboxylic acids is 1. The largest absolute Gasteiger partial charge is 0.489 e. The number of pyridine rings is 1. The summed E-state index contributed by atoms with van der Waals surface area (Å²) in [5.74, 6) is -0.316. The number of aromatic nitrogens is 2. The number of fused-ring (bicyclic) bond motifs is 1. The topological polar surface area (TPSA) is 78.5 Å². The summed E-state index contributed by atoms with van der Waals surface area (Å²) in [5.41, 5.74) is 1.73. The molecule has 0 aliphatic heterocycles. The van der Waals surface area contributed by atoms with Crippen LogP contribution in [-0.2, 0) is 6.61 Å². The molecule has 1 amide bonds. The average molecular weight is 329 g/mol. The third-order valence-corrected chi connectivity index (χ3v) is 3.61. The predicted octanol–water partition coefficient (Wildman–Crippen LogP) is 3.13. The number of nitrogens with one attached hydrogen (secondary N) is 1. The van der Waals surface area contributed by atoms with E-state index in [2.05, 4.69) is 9.97 Å². The third kappa shape index (κ3) is 3.21. The van der Waals surface area contributed by atoms with Crippen LogP contribution in [0.4, 0.5) is 4.39 Å². The van der Waals surface area contributed by atoms with Crippen molar-refractivity contribution in [2.45, 2.75) is 13.5 Å². The van der Waals surface area contributed by atoms with Gasteiger partial charge in [0.25, 0.3) is 5.91 Å². The lowest BCUT2D eigenvalue weighted by Gasteiger charge is -2.11. The van der Waals surface area contributed by atoms with Gasteiger partial charge in [-0.05, 0) is 37.3 Å². The van der Waals surface area contributed by atoms with E-state index in [0.29, 0.717) is 10.8 Å². The Balaban J connectivity index is 1.78. The molecule has 0 atom stereocenters. The lowest BCUT2D eigenvalue weighted by molar-refractivity contribution is -0.0545. The molecule has 3 aromatic rings. The van der Waals surface area contributed by atoms with Crippen LogP contribution in [0.15, 0.2) is 42.7 Å². The van der Waals surface area contributed by atoms with E-state index in [-0.39, 0.29) is 24.7 Å². The molecule has 0 aliphatic rings. The summed E-state index contributed by atoms with van der Waals surface area (Å²) < 4.78 is 18.5. The van der Waals surface area contributed by atoms with E-state index in [1.54, 1.807) is 37.5 Å². The van der Waals surface area contributed by atoms with E-state index in [1.807, 2.05) is 0 Å². The molecule has 2 N–H and O–H groups in total. The number of halogens is 1. The van der Waals surface area contributed by atoms with Crippen molar-refractivity contribution in [2.75, 3.05) is 6.54 Å². The van der Waals surface area contributed by atoms with Crippen molar-refractivity contribution in [3.63, 3.8) is 0 Å². The monoisotopic (exact) mass is 329 g/mol. The first-order chi connectivity index (χ1) is 11.6. The van der Waals surface area contributed by atoms with Crippen molar-refractivity contribution in [1.82, 2.24) is 15.0 Å². The van der Waals surface area contributed by atoms with Crippen molar-refractivity contribution in [3.05, 3.63) is 59.8 Å². The van der Waals surface area contributed by atoms with Gasteiger partial charge >= 0.3 is 0 Å². The zero-order valence-corrected chi connectivity index (χ0v) is 13.0. The van der Waals surface area contributed by atoms with Gasteiger partial charge < -0.3 is 9.72 Å². The predicted molar refractivity (Wildman–Crippen MR) is 85.3 cm³/mol.